The summed E-state index contributed by atoms with van der Waals surface area (Å²) in [6.45, 7) is 0.489. The van der Waals surface area contributed by atoms with Gasteiger partial charge in [-0.05, 0) is 41.8 Å². The number of benzene rings is 2. The first-order valence-corrected chi connectivity index (χ1v) is 11.0. The van der Waals surface area contributed by atoms with Crippen molar-refractivity contribution in [2.75, 3.05) is 19.1 Å². The maximum absolute atomic E-state index is 13.0. The highest BCUT2D eigenvalue weighted by molar-refractivity contribution is 8.04. The van der Waals surface area contributed by atoms with Crippen molar-refractivity contribution in [3.63, 3.8) is 0 Å². The van der Waals surface area contributed by atoms with E-state index in [-0.39, 0.29) is 11.8 Å². The Labute approximate surface area is 183 Å². The van der Waals surface area contributed by atoms with Gasteiger partial charge in [0.05, 0.1) is 24.2 Å². The molecular weight excluding hydrogens is 416 g/mol. The molecule has 2 amide bonds. The number of anilines is 1. The van der Waals surface area contributed by atoms with Gasteiger partial charge in [0.2, 0.25) is 0 Å². The molecule has 0 bridgehead atoms. The molecule has 1 aromatic heterocycles. The minimum absolute atomic E-state index is 0.116. The van der Waals surface area contributed by atoms with E-state index in [2.05, 4.69) is 5.32 Å². The van der Waals surface area contributed by atoms with Crippen LogP contribution in [0.3, 0.4) is 0 Å². The summed E-state index contributed by atoms with van der Waals surface area (Å²) < 4.78 is 5.39. The lowest BCUT2D eigenvalue weighted by molar-refractivity contribution is -0.114. The second kappa shape index (κ2) is 8.77. The van der Waals surface area contributed by atoms with E-state index in [0.717, 1.165) is 21.0 Å². The lowest BCUT2D eigenvalue weighted by atomic mass is 10.1. The highest BCUT2D eigenvalue weighted by Crippen LogP contribution is 2.42. The first-order valence-electron chi connectivity index (χ1n) is 9.32. The molecule has 0 fully saturated rings. The number of carbonyl (C=O) groups excluding carboxylic acids is 2. The third kappa shape index (κ3) is 4.13. The smallest absolute Gasteiger partial charge is 0.264 e. The van der Waals surface area contributed by atoms with E-state index in [4.69, 9.17) is 4.74 Å². The van der Waals surface area contributed by atoms with Crippen molar-refractivity contribution in [2.24, 2.45) is 0 Å². The molecular formula is C23H20N2O3S2. The van der Waals surface area contributed by atoms with Gasteiger partial charge < -0.3 is 15.0 Å². The summed E-state index contributed by atoms with van der Waals surface area (Å²) in [6.07, 6.45) is 1.84. The van der Waals surface area contributed by atoms with E-state index in [1.165, 1.54) is 11.8 Å². The predicted molar refractivity (Wildman–Crippen MR) is 122 cm³/mol. The van der Waals surface area contributed by atoms with Crippen LogP contribution in [-0.2, 0) is 11.3 Å². The number of ether oxygens (including phenoxy) is 1. The molecule has 0 saturated heterocycles. The molecule has 4 rings (SSSR count). The Kier molecular flexibility index (Phi) is 5.92. The average molecular weight is 437 g/mol. The Balaban J connectivity index is 1.57. The molecule has 3 aromatic rings. The molecule has 0 radical (unpaired) electrons. The fraction of sp³-hybridized carbons (Fsp3) is 0.130. The molecule has 0 saturated carbocycles. The average Bonchev–Trinajstić information content (AvgIpc) is 3.29. The molecule has 0 unspecified atom stereocenters. The number of hydrogen-bond acceptors (Lipinski definition) is 5. The van der Waals surface area contributed by atoms with Crippen molar-refractivity contribution in [3.05, 3.63) is 80.9 Å². The standard InChI is InChI=1S/C23H20N2O3S2/c1-25-18-12-16(22(26)24-14-17-7-5-11-29-17)9-10-20(18)30-21(23(25)27)13-15-6-3-4-8-19(15)28-2/h3-13H,14H2,1-2H3,(H,24,26)/b21-13+. The molecule has 2 heterocycles. The highest BCUT2D eigenvalue weighted by atomic mass is 32.2. The molecule has 0 spiro atoms. The molecule has 5 nitrogen and oxygen atoms in total. The van der Waals surface area contributed by atoms with E-state index in [0.29, 0.717) is 22.8 Å². The summed E-state index contributed by atoms with van der Waals surface area (Å²) in [5.41, 5.74) is 2.10. The number of thiophene rings is 1. The number of para-hydroxylation sites is 1. The summed E-state index contributed by atoms with van der Waals surface area (Å²) in [7, 11) is 3.34. The summed E-state index contributed by atoms with van der Waals surface area (Å²) in [6, 6.07) is 17.0. The number of hydrogen-bond donors (Lipinski definition) is 1. The minimum atomic E-state index is -0.160. The van der Waals surface area contributed by atoms with Crippen LogP contribution in [0.25, 0.3) is 6.08 Å². The Morgan fingerprint density at radius 1 is 1.17 bits per heavy atom. The van der Waals surface area contributed by atoms with Crippen LogP contribution in [-0.4, -0.2) is 26.0 Å². The van der Waals surface area contributed by atoms with Crippen LogP contribution in [0.2, 0.25) is 0 Å². The van der Waals surface area contributed by atoms with Gasteiger partial charge in [0.25, 0.3) is 11.8 Å². The van der Waals surface area contributed by atoms with E-state index in [1.54, 1.807) is 42.5 Å². The topological polar surface area (TPSA) is 58.6 Å². The third-order valence-corrected chi connectivity index (χ3v) is 6.70. The molecule has 2 aromatic carbocycles. The largest absolute Gasteiger partial charge is 0.496 e. The monoisotopic (exact) mass is 436 g/mol. The SMILES string of the molecule is COc1ccccc1/C=C1/Sc2ccc(C(=O)NCc3cccs3)cc2N(C)C1=O. The van der Waals surface area contributed by atoms with Crippen LogP contribution in [0.5, 0.6) is 5.75 Å². The van der Waals surface area contributed by atoms with Gasteiger partial charge in [-0.3, -0.25) is 9.59 Å². The maximum atomic E-state index is 13.0. The van der Waals surface area contributed by atoms with Gasteiger partial charge in [-0.15, -0.1) is 11.3 Å². The lowest BCUT2D eigenvalue weighted by Crippen LogP contribution is -2.31. The van der Waals surface area contributed by atoms with Crippen molar-refractivity contribution in [1.29, 1.82) is 0 Å². The van der Waals surface area contributed by atoms with Crippen molar-refractivity contribution < 1.29 is 14.3 Å². The third-order valence-electron chi connectivity index (χ3n) is 4.75. The van der Waals surface area contributed by atoms with Crippen LogP contribution >= 0.6 is 23.1 Å². The number of rotatable bonds is 5. The lowest BCUT2D eigenvalue weighted by Gasteiger charge is -2.27. The van der Waals surface area contributed by atoms with Gasteiger partial charge in [0, 0.05) is 27.9 Å². The van der Waals surface area contributed by atoms with Crippen molar-refractivity contribution in [1.82, 2.24) is 5.32 Å². The van der Waals surface area contributed by atoms with Crippen LogP contribution in [0.4, 0.5) is 5.69 Å². The fourth-order valence-electron chi connectivity index (χ4n) is 3.14. The van der Waals surface area contributed by atoms with E-state index in [1.807, 2.05) is 53.9 Å². The van der Waals surface area contributed by atoms with Crippen LogP contribution in [0, 0.1) is 0 Å². The quantitative estimate of drug-likeness (QED) is 0.584. The maximum Gasteiger partial charge on any atom is 0.264 e. The molecule has 152 valence electrons. The first kappa shape index (κ1) is 20.3. The van der Waals surface area contributed by atoms with Crippen molar-refractivity contribution >= 4 is 46.7 Å². The van der Waals surface area contributed by atoms with E-state index in [9.17, 15) is 9.59 Å². The van der Waals surface area contributed by atoms with Crippen molar-refractivity contribution in [2.45, 2.75) is 11.4 Å². The van der Waals surface area contributed by atoms with Crippen LogP contribution < -0.4 is 15.0 Å². The molecule has 0 aliphatic carbocycles. The summed E-state index contributed by atoms with van der Waals surface area (Å²) in [5, 5.41) is 4.90. The van der Waals surface area contributed by atoms with Crippen molar-refractivity contribution in [3.8, 4) is 5.75 Å². The molecule has 7 heteroatoms. The summed E-state index contributed by atoms with van der Waals surface area (Å²) in [4.78, 5) is 29.7. The number of nitrogens with zero attached hydrogens (tertiary/aromatic N) is 1. The second-order valence-electron chi connectivity index (χ2n) is 6.66. The summed E-state index contributed by atoms with van der Waals surface area (Å²) in [5.74, 6) is 0.437. The Morgan fingerprint density at radius 3 is 2.77 bits per heavy atom. The predicted octanol–water partition coefficient (Wildman–Crippen LogP) is 4.80. The molecule has 1 aliphatic heterocycles. The number of likely N-dealkylation sites (N-methyl/N-ethyl adjacent to an activating group) is 1. The normalized spacial score (nSPS) is 14.5. The van der Waals surface area contributed by atoms with Gasteiger partial charge in [-0.1, -0.05) is 36.0 Å². The zero-order valence-electron chi connectivity index (χ0n) is 16.5. The Bertz CT molecular complexity index is 1120. The van der Waals surface area contributed by atoms with Gasteiger partial charge in [0.15, 0.2) is 0 Å². The van der Waals surface area contributed by atoms with Gasteiger partial charge in [0.1, 0.15) is 5.75 Å². The zero-order valence-corrected chi connectivity index (χ0v) is 18.2. The zero-order chi connectivity index (χ0) is 21.1. The Morgan fingerprint density at radius 2 is 2.00 bits per heavy atom. The Hall–Kier alpha value is -3.03. The summed E-state index contributed by atoms with van der Waals surface area (Å²) >= 11 is 3.00. The van der Waals surface area contributed by atoms with Crippen LogP contribution in [0.15, 0.2) is 69.8 Å². The number of fused-ring (bicyclic) bond motifs is 1. The van der Waals surface area contributed by atoms with E-state index >= 15 is 0 Å². The fourth-order valence-corrected chi connectivity index (χ4v) is 4.87. The number of nitrogens with one attached hydrogen (secondary N) is 1. The first-order chi connectivity index (χ1) is 14.6. The number of methoxy groups -OCH3 is 1. The van der Waals surface area contributed by atoms with Gasteiger partial charge in [-0.2, -0.15) is 0 Å². The second-order valence-corrected chi connectivity index (χ2v) is 8.78. The number of carbonyl (C=O) groups is 2. The van der Waals surface area contributed by atoms with Crippen LogP contribution in [0.1, 0.15) is 20.8 Å². The van der Waals surface area contributed by atoms with Gasteiger partial charge in [-0.25, -0.2) is 0 Å². The number of thioether (sulfide) groups is 1. The molecule has 0 atom stereocenters. The number of amides is 2. The molecule has 1 aliphatic rings. The van der Waals surface area contributed by atoms with Gasteiger partial charge >= 0.3 is 0 Å². The van der Waals surface area contributed by atoms with E-state index < -0.39 is 0 Å². The molecule has 30 heavy (non-hydrogen) atoms. The highest BCUT2D eigenvalue weighted by Gasteiger charge is 2.27. The minimum Gasteiger partial charge on any atom is -0.496 e. The molecule has 1 N–H and O–H groups in total.